The Hall–Kier alpha value is -1.19. The standard InChI is InChI=1S/C14H22N2O/c1-9(2)14(17)13-10(3)6-11(8-16)7-12(13)4-5-15/h6-7,9H,4-5,8,15-16H2,1-3H3. The molecular formula is C14H22N2O. The van der Waals surface area contributed by atoms with Gasteiger partial charge in [-0.3, -0.25) is 4.79 Å². The molecule has 0 amide bonds. The lowest BCUT2D eigenvalue weighted by Crippen LogP contribution is -2.16. The predicted octanol–water partition coefficient (Wildman–Crippen LogP) is 1.79. The van der Waals surface area contributed by atoms with Crippen LogP contribution in [0.3, 0.4) is 0 Å². The van der Waals surface area contributed by atoms with Gasteiger partial charge in [0.15, 0.2) is 5.78 Å². The number of carbonyl (C=O) groups excluding carboxylic acids is 1. The number of hydrogen-bond donors (Lipinski definition) is 2. The molecule has 0 radical (unpaired) electrons. The van der Waals surface area contributed by atoms with Crippen molar-refractivity contribution in [3.63, 3.8) is 0 Å². The first-order chi connectivity index (χ1) is 8.01. The van der Waals surface area contributed by atoms with Gasteiger partial charge in [-0.15, -0.1) is 0 Å². The number of carbonyl (C=O) groups is 1. The first-order valence-electron chi connectivity index (χ1n) is 6.08. The number of hydrogen-bond acceptors (Lipinski definition) is 3. The lowest BCUT2D eigenvalue weighted by Gasteiger charge is -2.15. The SMILES string of the molecule is Cc1cc(CN)cc(CCN)c1C(=O)C(C)C. The second-order valence-corrected chi connectivity index (χ2v) is 4.71. The summed E-state index contributed by atoms with van der Waals surface area (Å²) in [6.07, 6.45) is 0.725. The summed E-state index contributed by atoms with van der Waals surface area (Å²) in [7, 11) is 0. The molecule has 0 unspecified atom stereocenters. The lowest BCUT2D eigenvalue weighted by molar-refractivity contribution is 0.0938. The van der Waals surface area contributed by atoms with Gasteiger partial charge in [-0.1, -0.05) is 26.0 Å². The molecule has 0 aliphatic heterocycles. The number of rotatable bonds is 5. The highest BCUT2D eigenvalue weighted by Crippen LogP contribution is 2.21. The molecular weight excluding hydrogens is 212 g/mol. The van der Waals surface area contributed by atoms with Gasteiger partial charge in [0.25, 0.3) is 0 Å². The van der Waals surface area contributed by atoms with Crippen LogP contribution in [0, 0.1) is 12.8 Å². The van der Waals surface area contributed by atoms with Crippen LogP contribution in [0.5, 0.6) is 0 Å². The monoisotopic (exact) mass is 234 g/mol. The largest absolute Gasteiger partial charge is 0.330 e. The van der Waals surface area contributed by atoms with Crippen LogP contribution in [0.15, 0.2) is 12.1 Å². The maximum atomic E-state index is 12.2. The molecule has 0 aliphatic carbocycles. The number of ketones is 1. The Kier molecular flexibility index (Phi) is 4.85. The molecule has 0 aromatic heterocycles. The second-order valence-electron chi connectivity index (χ2n) is 4.71. The van der Waals surface area contributed by atoms with Crippen LogP contribution < -0.4 is 11.5 Å². The molecule has 94 valence electrons. The fraction of sp³-hybridized carbons (Fsp3) is 0.500. The van der Waals surface area contributed by atoms with Crippen LogP contribution in [-0.2, 0) is 13.0 Å². The van der Waals surface area contributed by atoms with Gasteiger partial charge in [-0.25, -0.2) is 0 Å². The van der Waals surface area contributed by atoms with Crippen molar-refractivity contribution in [2.45, 2.75) is 33.7 Å². The number of Topliss-reactive ketones (excluding diaryl/α,β-unsaturated/α-hetero) is 1. The quantitative estimate of drug-likeness (QED) is 0.763. The van der Waals surface area contributed by atoms with E-state index in [-0.39, 0.29) is 11.7 Å². The number of aryl methyl sites for hydroxylation is 1. The molecule has 0 fully saturated rings. The minimum atomic E-state index is 0.00829. The van der Waals surface area contributed by atoms with Crippen LogP contribution in [-0.4, -0.2) is 12.3 Å². The highest BCUT2D eigenvalue weighted by molar-refractivity contribution is 6.00. The maximum Gasteiger partial charge on any atom is 0.165 e. The zero-order chi connectivity index (χ0) is 13.0. The summed E-state index contributed by atoms with van der Waals surface area (Å²) < 4.78 is 0. The zero-order valence-electron chi connectivity index (χ0n) is 10.9. The van der Waals surface area contributed by atoms with Crippen LogP contribution in [0.25, 0.3) is 0 Å². The van der Waals surface area contributed by atoms with Crippen LogP contribution in [0.1, 0.15) is 40.9 Å². The first-order valence-corrected chi connectivity index (χ1v) is 6.08. The summed E-state index contributed by atoms with van der Waals surface area (Å²) in [4.78, 5) is 12.2. The molecule has 4 N–H and O–H groups in total. The third-order valence-electron chi connectivity index (χ3n) is 2.90. The van der Waals surface area contributed by atoms with Gasteiger partial charge in [-0.05, 0) is 36.6 Å². The maximum absolute atomic E-state index is 12.2. The summed E-state index contributed by atoms with van der Waals surface area (Å²) in [6, 6.07) is 4.01. The molecule has 1 aromatic rings. The Morgan fingerprint density at radius 2 is 1.94 bits per heavy atom. The summed E-state index contributed by atoms with van der Waals surface area (Å²) in [6.45, 7) is 6.85. The van der Waals surface area contributed by atoms with Crippen LogP contribution in [0.2, 0.25) is 0 Å². The van der Waals surface area contributed by atoms with E-state index < -0.39 is 0 Å². The molecule has 17 heavy (non-hydrogen) atoms. The Labute approximate surface area is 103 Å². The zero-order valence-corrected chi connectivity index (χ0v) is 10.9. The van der Waals surface area contributed by atoms with Gasteiger partial charge in [0.1, 0.15) is 0 Å². The molecule has 0 atom stereocenters. The van der Waals surface area contributed by atoms with E-state index in [1.54, 1.807) is 0 Å². The summed E-state index contributed by atoms with van der Waals surface area (Å²) in [5.74, 6) is 0.198. The molecule has 0 saturated heterocycles. The van der Waals surface area contributed by atoms with Crippen molar-refractivity contribution >= 4 is 5.78 Å². The molecule has 3 nitrogen and oxygen atoms in total. The first kappa shape index (κ1) is 13.9. The van der Waals surface area contributed by atoms with Gasteiger partial charge < -0.3 is 11.5 Å². The Balaban J connectivity index is 3.30. The summed E-state index contributed by atoms with van der Waals surface area (Å²) >= 11 is 0. The van der Waals surface area contributed by atoms with E-state index in [1.807, 2.05) is 32.9 Å². The van der Waals surface area contributed by atoms with Crippen molar-refractivity contribution in [1.82, 2.24) is 0 Å². The average molecular weight is 234 g/mol. The van der Waals surface area contributed by atoms with E-state index in [0.29, 0.717) is 13.1 Å². The molecule has 1 aromatic carbocycles. The van der Waals surface area contributed by atoms with Crippen LogP contribution in [0.4, 0.5) is 0 Å². The molecule has 0 spiro atoms. The molecule has 0 heterocycles. The molecule has 1 rings (SSSR count). The van der Waals surface area contributed by atoms with Crippen molar-refractivity contribution in [3.05, 3.63) is 34.4 Å². The summed E-state index contributed by atoms with van der Waals surface area (Å²) in [5, 5.41) is 0. The molecule has 0 bridgehead atoms. The highest BCUT2D eigenvalue weighted by atomic mass is 16.1. The predicted molar refractivity (Wildman–Crippen MR) is 71.0 cm³/mol. The third kappa shape index (κ3) is 3.14. The van der Waals surface area contributed by atoms with Gasteiger partial charge in [0.05, 0.1) is 0 Å². The smallest absolute Gasteiger partial charge is 0.165 e. The van der Waals surface area contributed by atoms with Crippen molar-refractivity contribution in [3.8, 4) is 0 Å². The Morgan fingerprint density at radius 3 is 2.41 bits per heavy atom. The van der Waals surface area contributed by atoms with Gasteiger partial charge in [-0.2, -0.15) is 0 Å². The molecule has 3 heteroatoms. The number of nitrogens with two attached hydrogens (primary N) is 2. The second kappa shape index (κ2) is 5.94. The van der Waals surface area contributed by atoms with Crippen molar-refractivity contribution in [2.75, 3.05) is 6.54 Å². The van der Waals surface area contributed by atoms with Crippen molar-refractivity contribution in [1.29, 1.82) is 0 Å². The fourth-order valence-electron chi connectivity index (χ4n) is 2.05. The lowest BCUT2D eigenvalue weighted by atomic mass is 9.89. The van der Waals surface area contributed by atoms with Gasteiger partial charge >= 0.3 is 0 Å². The fourth-order valence-corrected chi connectivity index (χ4v) is 2.05. The third-order valence-corrected chi connectivity index (χ3v) is 2.90. The van der Waals surface area contributed by atoms with E-state index in [0.717, 1.165) is 28.7 Å². The van der Waals surface area contributed by atoms with E-state index in [1.165, 1.54) is 0 Å². The number of benzene rings is 1. The minimum Gasteiger partial charge on any atom is -0.330 e. The normalized spacial score (nSPS) is 10.9. The van der Waals surface area contributed by atoms with Crippen molar-refractivity contribution in [2.24, 2.45) is 17.4 Å². The van der Waals surface area contributed by atoms with E-state index in [9.17, 15) is 4.79 Å². The van der Waals surface area contributed by atoms with Crippen LogP contribution >= 0.6 is 0 Å². The minimum absolute atomic E-state index is 0.00829. The van der Waals surface area contributed by atoms with Gasteiger partial charge in [0.2, 0.25) is 0 Å². The summed E-state index contributed by atoms with van der Waals surface area (Å²) in [5.41, 5.74) is 15.2. The van der Waals surface area contributed by atoms with E-state index in [2.05, 4.69) is 0 Å². The molecule has 0 aliphatic rings. The Bertz CT molecular complexity index is 411. The van der Waals surface area contributed by atoms with Crippen molar-refractivity contribution < 1.29 is 4.79 Å². The van der Waals surface area contributed by atoms with Gasteiger partial charge in [0, 0.05) is 18.0 Å². The Morgan fingerprint density at radius 1 is 1.29 bits per heavy atom. The highest BCUT2D eigenvalue weighted by Gasteiger charge is 2.17. The van der Waals surface area contributed by atoms with E-state index in [4.69, 9.17) is 11.5 Å². The van der Waals surface area contributed by atoms with E-state index >= 15 is 0 Å². The average Bonchev–Trinajstić information content (AvgIpc) is 2.28. The molecule has 0 saturated carbocycles. The topological polar surface area (TPSA) is 69.1 Å².